The number of carboxylic acid groups (broad SMARTS) is 1. The SMILES string of the molecule is CCn1ncc2cc(-c3cc(CCC(=O)O)cc(N)c3OCCc3ccccc3)ccc21. The molecule has 4 rings (SSSR count). The number of ether oxygens (including phenoxy) is 1. The Morgan fingerprint density at radius 1 is 1.06 bits per heavy atom. The number of hydrogen-bond acceptors (Lipinski definition) is 4. The van der Waals surface area contributed by atoms with Crippen LogP contribution in [0.1, 0.15) is 24.5 Å². The highest BCUT2D eigenvalue weighted by Gasteiger charge is 2.15. The van der Waals surface area contributed by atoms with Crippen LogP contribution in [0.3, 0.4) is 0 Å². The van der Waals surface area contributed by atoms with E-state index in [9.17, 15) is 4.79 Å². The Labute approximate surface area is 187 Å². The summed E-state index contributed by atoms with van der Waals surface area (Å²) in [6, 6.07) is 20.1. The number of carbonyl (C=O) groups is 1. The molecule has 0 atom stereocenters. The Morgan fingerprint density at radius 3 is 2.62 bits per heavy atom. The van der Waals surface area contributed by atoms with Crippen molar-refractivity contribution < 1.29 is 14.6 Å². The van der Waals surface area contributed by atoms with E-state index in [1.807, 2.05) is 47.3 Å². The first kappa shape index (κ1) is 21.4. The van der Waals surface area contributed by atoms with E-state index in [4.69, 9.17) is 15.6 Å². The lowest BCUT2D eigenvalue weighted by Gasteiger charge is -2.17. The van der Waals surface area contributed by atoms with Crippen LogP contribution in [-0.4, -0.2) is 27.5 Å². The number of hydrogen-bond donors (Lipinski definition) is 2. The third-order valence-electron chi connectivity index (χ3n) is 5.54. The van der Waals surface area contributed by atoms with E-state index in [1.54, 1.807) is 0 Å². The number of aryl methyl sites for hydroxylation is 2. The van der Waals surface area contributed by atoms with Gasteiger partial charge < -0.3 is 15.6 Å². The van der Waals surface area contributed by atoms with Gasteiger partial charge in [-0.25, -0.2) is 0 Å². The summed E-state index contributed by atoms with van der Waals surface area (Å²) >= 11 is 0. The molecule has 0 unspecified atom stereocenters. The number of anilines is 1. The van der Waals surface area contributed by atoms with Gasteiger partial charge in [-0.1, -0.05) is 36.4 Å². The number of aliphatic carboxylic acids is 1. The molecule has 0 aliphatic heterocycles. The van der Waals surface area contributed by atoms with Gasteiger partial charge in [-0.3, -0.25) is 9.48 Å². The van der Waals surface area contributed by atoms with Crippen molar-refractivity contribution in [3.8, 4) is 16.9 Å². The van der Waals surface area contributed by atoms with Crippen molar-refractivity contribution in [1.29, 1.82) is 0 Å². The summed E-state index contributed by atoms with van der Waals surface area (Å²) < 4.78 is 8.14. The first-order valence-electron chi connectivity index (χ1n) is 10.8. The standard InChI is InChI=1S/C26H27N3O3/c1-2-29-24-10-9-20(16-21(24)17-28-29)22-14-19(8-11-25(30)31)15-23(27)26(22)32-13-12-18-6-4-3-5-7-18/h3-7,9-10,14-17H,2,8,11-13,27H2,1H3,(H,30,31). The normalized spacial score (nSPS) is 11.0. The zero-order valence-corrected chi connectivity index (χ0v) is 18.1. The minimum absolute atomic E-state index is 0.0510. The second-order valence-electron chi connectivity index (χ2n) is 7.77. The third kappa shape index (κ3) is 4.75. The van der Waals surface area contributed by atoms with Crippen molar-refractivity contribution in [3.05, 3.63) is 78.0 Å². The number of rotatable bonds is 9. The maximum absolute atomic E-state index is 11.1. The smallest absolute Gasteiger partial charge is 0.303 e. The summed E-state index contributed by atoms with van der Waals surface area (Å²) in [5.74, 6) is -0.205. The van der Waals surface area contributed by atoms with Gasteiger partial charge in [0.1, 0.15) is 5.75 Å². The number of fused-ring (bicyclic) bond motifs is 1. The summed E-state index contributed by atoms with van der Waals surface area (Å²) in [5.41, 5.74) is 11.9. The molecule has 1 aromatic heterocycles. The van der Waals surface area contributed by atoms with Gasteiger partial charge >= 0.3 is 5.97 Å². The van der Waals surface area contributed by atoms with Gasteiger partial charge in [0.25, 0.3) is 0 Å². The lowest BCUT2D eigenvalue weighted by molar-refractivity contribution is -0.136. The first-order valence-corrected chi connectivity index (χ1v) is 10.8. The molecule has 0 radical (unpaired) electrons. The lowest BCUT2D eigenvalue weighted by atomic mass is 9.97. The molecule has 0 amide bonds. The summed E-state index contributed by atoms with van der Waals surface area (Å²) in [6.45, 7) is 3.35. The van der Waals surface area contributed by atoms with Crippen LogP contribution in [0.25, 0.3) is 22.0 Å². The zero-order chi connectivity index (χ0) is 22.5. The van der Waals surface area contributed by atoms with Crippen molar-refractivity contribution in [2.24, 2.45) is 0 Å². The molecule has 0 aliphatic rings. The van der Waals surface area contributed by atoms with E-state index in [-0.39, 0.29) is 6.42 Å². The molecule has 0 saturated carbocycles. The summed E-state index contributed by atoms with van der Waals surface area (Å²) in [7, 11) is 0. The van der Waals surface area contributed by atoms with Crippen molar-refractivity contribution >= 4 is 22.6 Å². The minimum Gasteiger partial charge on any atom is -0.490 e. The molecule has 0 aliphatic carbocycles. The molecule has 0 bridgehead atoms. The van der Waals surface area contributed by atoms with E-state index in [1.165, 1.54) is 5.56 Å². The Morgan fingerprint density at radius 2 is 1.88 bits per heavy atom. The number of benzene rings is 3. The molecule has 32 heavy (non-hydrogen) atoms. The Hall–Kier alpha value is -3.80. The van der Waals surface area contributed by atoms with Gasteiger partial charge in [0, 0.05) is 30.3 Å². The Bertz CT molecular complexity index is 1230. The predicted octanol–water partition coefficient (Wildman–Crippen LogP) is 4.94. The molecule has 164 valence electrons. The van der Waals surface area contributed by atoms with E-state index in [2.05, 4.69) is 36.3 Å². The fraction of sp³-hybridized carbons (Fsp3) is 0.231. The molecule has 3 N–H and O–H groups in total. The molecule has 6 heteroatoms. The van der Waals surface area contributed by atoms with Crippen molar-refractivity contribution in [1.82, 2.24) is 9.78 Å². The number of nitrogens with zero attached hydrogens (tertiary/aromatic N) is 2. The highest BCUT2D eigenvalue weighted by molar-refractivity contribution is 5.87. The summed E-state index contributed by atoms with van der Waals surface area (Å²) in [4.78, 5) is 11.1. The van der Waals surface area contributed by atoms with Crippen LogP contribution in [-0.2, 0) is 24.2 Å². The molecule has 0 fully saturated rings. The number of carboxylic acids is 1. The average Bonchev–Trinajstić information content (AvgIpc) is 3.21. The molecule has 0 saturated heterocycles. The fourth-order valence-electron chi connectivity index (χ4n) is 3.91. The highest BCUT2D eigenvalue weighted by atomic mass is 16.5. The van der Waals surface area contributed by atoms with Gasteiger partial charge in [-0.05, 0) is 54.3 Å². The fourth-order valence-corrected chi connectivity index (χ4v) is 3.91. The third-order valence-corrected chi connectivity index (χ3v) is 5.54. The minimum atomic E-state index is -0.832. The van der Waals surface area contributed by atoms with Gasteiger partial charge in [-0.15, -0.1) is 0 Å². The maximum atomic E-state index is 11.1. The number of nitrogen functional groups attached to an aromatic ring is 1. The highest BCUT2D eigenvalue weighted by Crippen LogP contribution is 2.38. The van der Waals surface area contributed by atoms with E-state index >= 15 is 0 Å². The molecular weight excluding hydrogens is 402 g/mol. The van der Waals surface area contributed by atoms with Crippen LogP contribution in [0.2, 0.25) is 0 Å². The largest absolute Gasteiger partial charge is 0.490 e. The van der Waals surface area contributed by atoms with E-state index in [0.29, 0.717) is 24.5 Å². The predicted molar refractivity (Wildman–Crippen MR) is 127 cm³/mol. The summed E-state index contributed by atoms with van der Waals surface area (Å²) in [5, 5.41) is 14.6. The quantitative estimate of drug-likeness (QED) is 0.368. The van der Waals surface area contributed by atoms with Gasteiger partial charge in [0.15, 0.2) is 0 Å². The van der Waals surface area contributed by atoms with Crippen LogP contribution in [0.5, 0.6) is 5.75 Å². The van der Waals surface area contributed by atoms with Gasteiger partial charge in [-0.2, -0.15) is 5.10 Å². The van der Waals surface area contributed by atoms with Crippen LogP contribution >= 0.6 is 0 Å². The average molecular weight is 430 g/mol. The van der Waals surface area contributed by atoms with Crippen molar-refractivity contribution in [2.75, 3.05) is 12.3 Å². The second kappa shape index (κ2) is 9.56. The summed E-state index contributed by atoms with van der Waals surface area (Å²) in [6.07, 6.45) is 3.08. The second-order valence-corrected chi connectivity index (χ2v) is 7.77. The van der Waals surface area contributed by atoms with Crippen molar-refractivity contribution in [2.45, 2.75) is 32.7 Å². The topological polar surface area (TPSA) is 90.4 Å². The van der Waals surface area contributed by atoms with E-state index in [0.717, 1.165) is 40.6 Å². The molecule has 6 nitrogen and oxygen atoms in total. The van der Waals surface area contributed by atoms with Crippen LogP contribution < -0.4 is 10.5 Å². The monoisotopic (exact) mass is 429 g/mol. The van der Waals surface area contributed by atoms with Gasteiger partial charge in [0.2, 0.25) is 0 Å². The number of nitrogens with two attached hydrogens (primary N) is 1. The molecule has 3 aromatic carbocycles. The van der Waals surface area contributed by atoms with E-state index < -0.39 is 5.97 Å². The van der Waals surface area contributed by atoms with Crippen molar-refractivity contribution in [3.63, 3.8) is 0 Å². The van der Waals surface area contributed by atoms with Crippen LogP contribution in [0.15, 0.2) is 66.9 Å². The maximum Gasteiger partial charge on any atom is 0.303 e. The lowest BCUT2D eigenvalue weighted by Crippen LogP contribution is -2.06. The molecule has 1 heterocycles. The molecule has 4 aromatic rings. The first-order chi connectivity index (χ1) is 15.5. The van der Waals surface area contributed by atoms with Crippen LogP contribution in [0.4, 0.5) is 5.69 Å². The molecule has 0 spiro atoms. The Balaban J connectivity index is 1.68. The zero-order valence-electron chi connectivity index (χ0n) is 18.1. The van der Waals surface area contributed by atoms with Crippen LogP contribution in [0, 0.1) is 0 Å². The number of aromatic nitrogens is 2. The molecular formula is C26H27N3O3. The van der Waals surface area contributed by atoms with Gasteiger partial charge in [0.05, 0.1) is 24.0 Å². The Kier molecular flexibility index (Phi) is 6.40.